The zero-order valence-corrected chi connectivity index (χ0v) is 11.7. The summed E-state index contributed by atoms with van der Waals surface area (Å²) in [6.07, 6.45) is 0.272. The Bertz CT molecular complexity index is 578. The molecule has 0 atom stereocenters. The van der Waals surface area contributed by atoms with E-state index in [1.54, 1.807) is 12.1 Å². The summed E-state index contributed by atoms with van der Waals surface area (Å²) < 4.78 is 43.0. The van der Waals surface area contributed by atoms with Crippen LogP contribution in [0.15, 0.2) is 42.7 Å². The first-order valence-electron chi connectivity index (χ1n) is 6.71. The van der Waals surface area contributed by atoms with Crippen molar-refractivity contribution in [2.24, 2.45) is 0 Å². The van der Waals surface area contributed by atoms with Gasteiger partial charge in [-0.1, -0.05) is 19.1 Å². The highest BCUT2D eigenvalue weighted by Gasteiger charge is 2.32. The molecule has 1 aromatic carbocycles. The van der Waals surface area contributed by atoms with Gasteiger partial charge in [-0.2, -0.15) is 0 Å². The Morgan fingerprint density at radius 2 is 1.95 bits per heavy atom. The van der Waals surface area contributed by atoms with Gasteiger partial charge in [0.1, 0.15) is 0 Å². The highest BCUT2D eigenvalue weighted by Crippen LogP contribution is 2.30. The van der Waals surface area contributed by atoms with E-state index >= 15 is 0 Å². The fourth-order valence-corrected chi connectivity index (χ4v) is 2.02. The molecule has 6 heteroatoms. The molecule has 0 saturated carbocycles. The monoisotopic (exact) mass is 298 g/mol. The van der Waals surface area contributed by atoms with Gasteiger partial charge in [0.2, 0.25) is 0 Å². The maximum Gasteiger partial charge on any atom is 0.573 e. The third kappa shape index (κ3) is 4.73. The molecule has 0 unspecified atom stereocenters. The molecule has 2 aromatic rings. The standard InChI is InChI=1S/C15H17F3N2O/c1-2-8-20-9-7-12(11-20)10-19-13-5-3-4-6-14(13)21-15(16,17)18/h3-7,9,11,19H,2,8,10H2,1H3. The second kappa shape index (κ2) is 6.56. The van der Waals surface area contributed by atoms with Crippen LogP contribution in [0.25, 0.3) is 0 Å². The van der Waals surface area contributed by atoms with E-state index in [2.05, 4.69) is 21.5 Å². The molecule has 0 amide bonds. The first-order valence-corrected chi connectivity index (χ1v) is 6.71. The van der Waals surface area contributed by atoms with Crippen LogP contribution in [0.4, 0.5) is 18.9 Å². The number of anilines is 1. The van der Waals surface area contributed by atoms with E-state index in [1.807, 2.05) is 18.5 Å². The maximum absolute atomic E-state index is 12.3. The van der Waals surface area contributed by atoms with Gasteiger partial charge >= 0.3 is 6.36 Å². The molecular formula is C15H17F3N2O. The SMILES string of the molecule is CCCn1ccc(CNc2ccccc2OC(F)(F)F)c1. The van der Waals surface area contributed by atoms with Crippen molar-refractivity contribution in [2.45, 2.75) is 32.8 Å². The molecule has 0 bridgehead atoms. The lowest BCUT2D eigenvalue weighted by molar-refractivity contribution is -0.274. The van der Waals surface area contributed by atoms with Crippen molar-refractivity contribution in [3.05, 3.63) is 48.3 Å². The van der Waals surface area contributed by atoms with Gasteiger partial charge in [0.05, 0.1) is 5.69 Å². The summed E-state index contributed by atoms with van der Waals surface area (Å²) in [7, 11) is 0. The molecule has 2 rings (SSSR count). The Morgan fingerprint density at radius 1 is 1.19 bits per heavy atom. The number of hydrogen-bond acceptors (Lipinski definition) is 2. The number of rotatable bonds is 6. The number of aromatic nitrogens is 1. The molecule has 114 valence electrons. The van der Waals surface area contributed by atoms with Crippen LogP contribution >= 0.6 is 0 Å². The minimum atomic E-state index is -4.69. The molecule has 0 radical (unpaired) electrons. The number of ether oxygens (including phenoxy) is 1. The Hall–Kier alpha value is -2.11. The molecule has 3 nitrogen and oxygen atoms in total. The molecule has 0 aliphatic rings. The fourth-order valence-electron chi connectivity index (χ4n) is 2.02. The summed E-state index contributed by atoms with van der Waals surface area (Å²) in [5.41, 5.74) is 1.32. The second-order valence-electron chi connectivity index (χ2n) is 4.66. The van der Waals surface area contributed by atoms with Crippen LogP contribution in [0.5, 0.6) is 5.75 Å². The number of para-hydroxylation sites is 2. The average molecular weight is 298 g/mol. The molecule has 0 aliphatic heterocycles. The zero-order chi connectivity index (χ0) is 15.3. The van der Waals surface area contributed by atoms with Crippen molar-refractivity contribution in [3.63, 3.8) is 0 Å². The topological polar surface area (TPSA) is 26.2 Å². The number of benzene rings is 1. The molecule has 21 heavy (non-hydrogen) atoms. The van der Waals surface area contributed by atoms with Crippen molar-refractivity contribution < 1.29 is 17.9 Å². The first-order chi connectivity index (χ1) is 9.98. The summed E-state index contributed by atoms with van der Waals surface area (Å²) in [4.78, 5) is 0. The Kier molecular flexibility index (Phi) is 4.77. The van der Waals surface area contributed by atoms with Crippen LogP contribution in [0.2, 0.25) is 0 Å². The summed E-state index contributed by atoms with van der Waals surface area (Å²) in [6, 6.07) is 7.95. The Labute approximate surface area is 121 Å². The lowest BCUT2D eigenvalue weighted by Gasteiger charge is -2.14. The number of nitrogens with one attached hydrogen (secondary N) is 1. The fraction of sp³-hybridized carbons (Fsp3) is 0.333. The highest BCUT2D eigenvalue weighted by atomic mass is 19.4. The predicted molar refractivity (Wildman–Crippen MR) is 75.2 cm³/mol. The summed E-state index contributed by atoms with van der Waals surface area (Å²) in [5, 5.41) is 2.97. The maximum atomic E-state index is 12.3. The smallest absolute Gasteiger partial charge is 0.404 e. The van der Waals surface area contributed by atoms with Gasteiger partial charge < -0.3 is 14.6 Å². The number of hydrogen-bond donors (Lipinski definition) is 1. The van der Waals surface area contributed by atoms with Crippen molar-refractivity contribution in [1.29, 1.82) is 0 Å². The quantitative estimate of drug-likeness (QED) is 0.855. The minimum Gasteiger partial charge on any atom is -0.404 e. The van der Waals surface area contributed by atoms with Gasteiger partial charge in [-0.3, -0.25) is 0 Å². The van der Waals surface area contributed by atoms with Gasteiger partial charge in [-0.05, 0) is 30.2 Å². The zero-order valence-electron chi connectivity index (χ0n) is 11.7. The molecule has 1 aromatic heterocycles. The van der Waals surface area contributed by atoms with Crippen LogP contribution in [0.3, 0.4) is 0 Å². The summed E-state index contributed by atoms with van der Waals surface area (Å²) >= 11 is 0. The van der Waals surface area contributed by atoms with Gasteiger partial charge in [0, 0.05) is 25.5 Å². The van der Waals surface area contributed by atoms with Crippen molar-refractivity contribution in [2.75, 3.05) is 5.32 Å². The summed E-state index contributed by atoms with van der Waals surface area (Å²) in [5.74, 6) is -0.224. The largest absolute Gasteiger partial charge is 0.573 e. The van der Waals surface area contributed by atoms with Gasteiger partial charge in [0.25, 0.3) is 0 Å². The van der Waals surface area contributed by atoms with Crippen LogP contribution in [0.1, 0.15) is 18.9 Å². The van der Waals surface area contributed by atoms with Crippen molar-refractivity contribution in [3.8, 4) is 5.75 Å². The van der Waals surface area contributed by atoms with Crippen molar-refractivity contribution in [1.82, 2.24) is 4.57 Å². The van der Waals surface area contributed by atoms with Gasteiger partial charge in [-0.25, -0.2) is 0 Å². The molecule has 0 spiro atoms. The molecule has 0 saturated heterocycles. The van der Waals surface area contributed by atoms with Crippen LogP contribution in [-0.4, -0.2) is 10.9 Å². The Balaban J connectivity index is 2.02. The van der Waals surface area contributed by atoms with E-state index in [4.69, 9.17) is 0 Å². The lowest BCUT2D eigenvalue weighted by Crippen LogP contribution is -2.18. The van der Waals surface area contributed by atoms with E-state index in [0.717, 1.165) is 18.5 Å². The van der Waals surface area contributed by atoms with E-state index in [0.29, 0.717) is 12.2 Å². The predicted octanol–water partition coefficient (Wildman–Crippen LogP) is 4.41. The molecule has 0 aliphatic carbocycles. The van der Waals surface area contributed by atoms with Crippen molar-refractivity contribution >= 4 is 5.69 Å². The highest BCUT2D eigenvalue weighted by molar-refractivity contribution is 5.56. The summed E-state index contributed by atoms with van der Waals surface area (Å²) in [6.45, 7) is 3.45. The Morgan fingerprint density at radius 3 is 2.67 bits per heavy atom. The van der Waals surface area contributed by atoms with Crippen LogP contribution in [-0.2, 0) is 13.1 Å². The minimum absolute atomic E-state index is 0.224. The van der Waals surface area contributed by atoms with Crippen LogP contribution < -0.4 is 10.1 Å². The third-order valence-corrected chi connectivity index (χ3v) is 2.89. The van der Waals surface area contributed by atoms with E-state index in [9.17, 15) is 13.2 Å². The number of aryl methyl sites for hydroxylation is 1. The van der Waals surface area contributed by atoms with E-state index in [-0.39, 0.29) is 5.75 Å². The van der Waals surface area contributed by atoms with E-state index < -0.39 is 6.36 Å². The molecular weight excluding hydrogens is 281 g/mol. The molecule has 1 N–H and O–H groups in total. The normalized spacial score (nSPS) is 11.4. The van der Waals surface area contributed by atoms with Crippen LogP contribution in [0, 0.1) is 0 Å². The molecule has 0 fully saturated rings. The third-order valence-electron chi connectivity index (χ3n) is 2.89. The second-order valence-corrected chi connectivity index (χ2v) is 4.66. The van der Waals surface area contributed by atoms with Gasteiger partial charge in [-0.15, -0.1) is 13.2 Å². The first kappa shape index (κ1) is 15.3. The molecule has 1 heterocycles. The number of nitrogens with zero attached hydrogens (tertiary/aromatic N) is 1. The van der Waals surface area contributed by atoms with Gasteiger partial charge in [0.15, 0.2) is 5.75 Å². The lowest BCUT2D eigenvalue weighted by atomic mass is 10.2. The van der Waals surface area contributed by atoms with E-state index in [1.165, 1.54) is 12.1 Å². The average Bonchev–Trinajstić information content (AvgIpc) is 2.84. The number of alkyl halides is 3. The number of halogens is 3.